The Kier molecular flexibility index (Phi) is 4.66. The van der Waals surface area contributed by atoms with Crippen molar-refractivity contribution in [3.8, 4) is 0 Å². The lowest BCUT2D eigenvalue weighted by Gasteiger charge is -2.38. The molecule has 1 amide bonds. The molecule has 0 fully saturated rings. The average molecular weight is 289 g/mol. The Balaban J connectivity index is 2.34. The first-order valence-corrected chi connectivity index (χ1v) is 7.58. The third-order valence-corrected chi connectivity index (χ3v) is 4.31. The van der Waals surface area contributed by atoms with Gasteiger partial charge in [-0.1, -0.05) is 31.2 Å². The minimum absolute atomic E-state index is 0.0566. The van der Waals surface area contributed by atoms with Crippen molar-refractivity contribution in [1.82, 2.24) is 4.90 Å². The van der Waals surface area contributed by atoms with Gasteiger partial charge in [-0.15, -0.1) is 0 Å². The number of carbonyl (C=O) groups is 2. The van der Waals surface area contributed by atoms with Crippen LogP contribution in [-0.2, 0) is 21.4 Å². The standard InChI is InChI=1S/C17H23NO3/c1-3-11-18(12-15(19)20)16(21)17(2)10-6-8-13-7-4-5-9-14(13)17/h4-5,7,9H,3,6,8,10-12H2,1-2H3,(H,19,20). The van der Waals surface area contributed by atoms with Gasteiger partial charge in [0.05, 0.1) is 5.41 Å². The molecule has 4 heteroatoms. The van der Waals surface area contributed by atoms with Crippen LogP contribution < -0.4 is 0 Å². The summed E-state index contributed by atoms with van der Waals surface area (Å²) in [5.41, 5.74) is 1.68. The van der Waals surface area contributed by atoms with Crippen molar-refractivity contribution in [1.29, 1.82) is 0 Å². The predicted octanol–water partition coefficient (Wildman–Crippen LogP) is 2.60. The third-order valence-electron chi connectivity index (χ3n) is 4.31. The van der Waals surface area contributed by atoms with Crippen molar-refractivity contribution in [3.63, 3.8) is 0 Å². The molecular weight excluding hydrogens is 266 g/mol. The Morgan fingerprint density at radius 2 is 2.05 bits per heavy atom. The van der Waals surface area contributed by atoms with Gasteiger partial charge in [0.1, 0.15) is 6.54 Å². The largest absolute Gasteiger partial charge is 0.480 e. The van der Waals surface area contributed by atoms with Crippen LogP contribution in [0.3, 0.4) is 0 Å². The molecule has 1 unspecified atom stereocenters. The topological polar surface area (TPSA) is 57.6 Å². The molecule has 1 atom stereocenters. The summed E-state index contributed by atoms with van der Waals surface area (Å²) < 4.78 is 0. The number of carboxylic acid groups (broad SMARTS) is 1. The zero-order valence-corrected chi connectivity index (χ0v) is 12.8. The number of amides is 1. The molecule has 0 saturated heterocycles. The molecule has 0 spiro atoms. The number of aliphatic carboxylic acids is 1. The fourth-order valence-electron chi connectivity index (χ4n) is 3.30. The molecule has 0 radical (unpaired) electrons. The van der Waals surface area contributed by atoms with E-state index in [1.165, 1.54) is 10.5 Å². The molecule has 21 heavy (non-hydrogen) atoms. The molecule has 1 aromatic rings. The first-order valence-electron chi connectivity index (χ1n) is 7.58. The van der Waals surface area contributed by atoms with E-state index in [1.807, 2.05) is 32.0 Å². The number of nitrogens with zero attached hydrogens (tertiary/aromatic N) is 1. The molecule has 1 aliphatic rings. The van der Waals surface area contributed by atoms with Crippen molar-refractivity contribution < 1.29 is 14.7 Å². The van der Waals surface area contributed by atoms with Gasteiger partial charge < -0.3 is 10.0 Å². The van der Waals surface area contributed by atoms with Gasteiger partial charge in [-0.25, -0.2) is 0 Å². The van der Waals surface area contributed by atoms with Gasteiger partial charge in [0.25, 0.3) is 0 Å². The van der Waals surface area contributed by atoms with Gasteiger partial charge >= 0.3 is 5.97 Å². The molecule has 114 valence electrons. The zero-order chi connectivity index (χ0) is 15.5. The van der Waals surface area contributed by atoms with E-state index in [0.29, 0.717) is 6.54 Å². The Morgan fingerprint density at radius 3 is 2.71 bits per heavy atom. The first kappa shape index (κ1) is 15.5. The summed E-state index contributed by atoms with van der Waals surface area (Å²) in [5, 5.41) is 9.04. The van der Waals surface area contributed by atoms with Crippen LogP contribution in [0.5, 0.6) is 0 Å². The molecule has 1 aromatic carbocycles. The van der Waals surface area contributed by atoms with Crippen molar-refractivity contribution in [3.05, 3.63) is 35.4 Å². The van der Waals surface area contributed by atoms with E-state index in [4.69, 9.17) is 5.11 Å². The van der Waals surface area contributed by atoms with Gasteiger partial charge in [-0.05, 0) is 43.7 Å². The van der Waals surface area contributed by atoms with E-state index in [0.717, 1.165) is 31.2 Å². The SMILES string of the molecule is CCCN(CC(=O)O)C(=O)C1(C)CCCc2ccccc21. The highest BCUT2D eigenvalue weighted by Crippen LogP contribution is 2.38. The number of aryl methyl sites for hydroxylation is 1. The van der Waals surface area contributed by atoms with Crippen molar-refractivity contribution in [2.75, 3.05) is 13.1 Å². The van der Waals surface area contributed by atoms with Gasteiger partial charge in [0.15, 0.2) is 0 Å². The highest BCUT2D eigenvalue weighted by molar-refractivity contribution is 5.90. The Labute approximate surface area is 125 Å². The highest BCUT2D eigenvalue weighted by atomic mass is 16.4. The number of rotatable bonds is 5. The lowest BCUT2D eigenvalue weighted by atomic mass is 9.70. The molecule has 0 aromatic heterocycles. The van der Waals surface area contributed by atoms with Crippen LogP contribution in [0.1, 0.15) is 44.2 Å². The van der Waals surface area contributed by atoms with Crippen LogP contribution in [0.25, 0.3) is 0 Å². The molecule has 0 saturated carbocycles. The Bertz CT molecular complexity index is 541. The summed E-state index contributed by atoms with van der Waals surface area (Å²) in [6.07, 6.45) is 3.50. The molecular formula is C17H23NO3. The van der Waals surface area contributed by atoms with E-state index in [2.05, 4.69) is 6.07 Å². The maximum absolute atomic E-state index is 13.0. The van der Waals surface area contributed by atoms with E-state index in [-0.39, 0.29) is 12.5 Å². The van der Waals surface area contributed by atoms with Gasteiger partial charge in [-0.3, -0.25) is 9.59 Å². The number of hydrogen-bond donors (Lipinski definition) is 1. The normalized spacial score (nSPS) is 20.7. The van der Waals surface area contributed by atoms with E-state index in [9.17, 15) is 9.59 Å². The van der Waals surface area contributed by atoms with Crippen molar-refractivity contribution in [2.45, 2.75) is 44.9 Å². The quantitative estimate of drug-likeness (QED) is 0.906. The zero-order valence-electron chi connectivity index (χ0n) is 12.8. The fraction of sp³-hybridized carbons (Fsp3) is 0.529. The van der Waals surface area contributed by atoms with Gasteiger partial charge in [0, 0.05) is 6.54 Å². The van der Waals surface area contributed by atoms with Crippen LogP contribution in [0.15, 0.2) is 24.3 Å². The predicted molar refractivity (Wildman–Crippen MR) is 81.2 cm³/mol. The van der Waals surface area contributed by atoms with Crippen LogP contribution in [0, 0.1) is 0 Å². The second-order valence-electron chi connectivity index (χ2n) is 5.96. The average Bonchev–Trinajstić information content (AvgIpc) is 2.46. The molecule has 1 N–H and O–H groups in total. The summed E-state index contributed by atoms with van der Waals surface area (Å²) in [6, 6.07) is 8.03. The van der Waals surface area contributed by atoms with Gasteiger partial charge in [-0.2, -0.15) is 0 Å². The monoisotopic (exact) mass is 289 g/mol. The smallest absolute Gasteiger partial charge is 0.323 e. The second kappa shape index (κ2) is 6.29. The van der Waals surface area contributed by atoms with Crippen molar-refractivity contribution >= 4 is 11.9 Å². The van der Waals surface area contributed by atoms with E-state index in [1.54, 1.807) is 0 Å². The lowest BCUT2D eigenvalue weighted by molar-refractivity contribution is -0.147. The molecule has 4 nitrogen and oxygen atoms in total. The van der Waals surface area contributed by atoms with Crippen LogP contribution in [0.4, 0.5) is 0 Å². The highest BCUT2D eigenvalue weighted by Gasteiger charge is 2.41. The molecule has 2 rings (SSSR count). The maximum Gasteiger partial charge on any atom is 0.323 e. The number of carbonyl (C=O) groups excluding carboxylic acids is 1. The molecule has 1 aliphatic carbocycles. The number of hydrogen-bond acceptors (Lipinski definition) is 2. The number of carboxylic acids is 1. The van der Waals surface area contributed by atoms with E-state index >= 15 is 0 Å². The van der Waals surface area contributed by atoms with Crippen LogP contribution >= 0.6 is 0 Å². The summed E-state index contributed by atoms with van der Waals surface area (Å²) in [6.45, 7) is 4.18. The summed E-state index contributed by atoms with van der Waals surface area (Å²) in [7, 11) is 0. The van der Waals surface area contributed by atoms with E-state index < -0.39 is 11.4 Å². The molecule has 0 aliphatic heterocycles. The molecule has 0 heterocycles. The minimum atomic E-state index is -0.954. The van der Waals surface area contributed by atoms with Gasteiger partial charge in [0.2, 0.25) is 5.91 Å². The summed E-state index contributed by atoms with van der Waals surface area (Å²) >= 11 is 0. The Hall–Kier alpha value is -1.84. The first-order chi connectivity index (χ1) is 9.99. The Morgan fingerprint density at radius 1 is 1.33 bits per heavy atom. The number of fused-ring (bicyclic) bond motifs is 1. The maximum atomic E-state index is 13.0. The summed E-state index contributed by atoms with van der Waals surface area (Å²) in [4.78, 5) is 25.5. The minimum Gasteiger partial charge on any atom is -0.480 e. The third kappa shape index (κ3) is 3.09. The second-order valence-corrected chi connectivity index (χ2v) is 5.96. The van der Waals surface area contributed by atoms with Crippen molar-refractivity contribution in [2.24, 2.45) is 0 Å². The molecule has 0 bridgehead atoms. The van der Waals surface area contributed by atoms with Crippen LogP contribution in [0.2, 0.25) is 0 Å². The van der Waals surface area contributed by atoms with Crippen LogP contribution in [-0.4, -0.2) is 35.0 Å². The lowest BCUT2D eigenvalue weighted by Crippen LogP contribution is -2.48. The number of benzene rings is 1. The summed E-state index contributed by atoms with van der Waals surface area (Å²) in [5.74, 6) is -1.01. The fourth-order valence-corrected chi connectivity index (χ4v) is 3.30.